The van der Waals surface area contributed by atoms with E-state index in [9.17, 15) is 9.18 Å². The van der Waals surface area contributed by atoms with Crippen LogP contribution < -0.4 is 20.1 Å². The molecule has 2 N–H and O–H groups in total. The van der Waals surface area contributed by atoms with Crippen LogP contribution >= 0.6 is 15.9 Å². The van der Waals surface area contributed by atoms with Crippen LogP contribution in [-0.4, -0.2) is 25.2 Å². The van der Waals surface area contributed by atoms with Crippen molar-refractivity contribution in [2.75, 3.05) is 18.5 Å². The molecule has 1 aliphatic rings. The summed E-state index contributed by atoms with van der Waals surface area (Å²) in [5, 5.41) is 5.99. The Kier molecular flexibility index (Phi) is 6.57. The Hall–Kier alpha value is -2.12. The molecule has 1 heterocycles. The molecule has 28 heavy (non-hydrogen) atoms. The zero-order valence-corrected chi connectivity index (χ0v) is 17.7. The molecule has 1 amide bonds. The lowest BCUT2D eigenvalue weighted by molar-refractivity contribution is -0.118. The van der Waals surface area contributed by atoms with Gasteiger partial charge in [0.2, 0.25) is 5.91 Å². The minimum Gasteiger partial charge on any atom is -0.486 e. The van der Waals surface area contributed by atoms with Crippen molar-refractivity contribution in [3.05, 3.63) is 52.3 Å². The number of anilines is 1. The summed E-state index contributed by atoms with van der Waals surface area (Å²) >= 11 is 3.21. The quantitative estimate of drug-likeness (QED) is 0.670. The Morgan fingerprint density at radius 1 is 1.07 bits per heavy atom. The lowest BCUT2D eigenvalue weighted by atomic mass is 9.94. The van der Waals surface area contributed by atoms with E-state index < -0.39 is 11.9 Å². The minimum absolute atomic E-state index is 0.0775. The second kappa shape index (κ2) is 8.92. The third-order valence-electron chi connectivity index (χ3n) is 4.60. The average Bonchev–Trinajstić information content (AvgIpc) is 2.67. The Morgan fingerprint density at radius 2 is 1.79 bits per heavy atom. The third kappa shape index (κ3) is 4.83. The number of fused-ring (bicyclic) bond motifs is 1. The highest BCUT2D eigenvalue weighted by Gasteiger charge is 2.24. The number of hydrogen-bond donors (Lipinski definition) is 2. The van der Waals surface area contributed by atoms with Gasteiger partial charge >= 0.3 is 0 Å². The van der Waals surface area contributed by atoms with Gasteiger partial charge in [-0.3, -0.25) is 10.1 Å². The van der Waals surface area contributed by atoms with Crippen molar-refractivity contribution >= 4 is 27.5 Å². The number of hydrogen-bond acceptors (Lipinski definition) is 4. The van der Waals surface area contributed by atoms with Gasteiger partial charge in [-0.15, -0.1) is 0 Å². The van der Waals surface area contributed by atoms with Gasteiger partial charge in [0.15, 0.2) is 11.5 Å². The van der Waals surface area contributed by atoms with Gasteiger partial charge in [0, 0.05) is 10.5 Å². The van der Waals surface area contributed by atoms with Crippen LogP contribution in [0.15, 0.2) is 40.9 Å². The van der Waals surface area contributed by atoms with Crippen LogP contribution in [0.3, 0.4) is 0 Å². The Labute approximate surface area is 172 Å². The number of carbonyl (C=O) groups is 1. The molecule has 0 fully saturated rings. The molecule has 0 radical (unpaired) electrons. The first-order valence-electron chi connectivity index (χ1n) is 9.26. The molecule has 3 rings (SSSR count). The fourth-order valence-electron chi connectivity index (χ4n) is 3.10. The van der Waals surface area contributed by atoms with Crippen molar-refractivity contribution in [3.8, 4) is 11.5 Å². The highest BCUT2D eigenvalue weighted by molar-refractivity contribution is 9.10. The first kappa shape index (κ1) is 20.6. The molecule has 5 nitrogen and oxygen atoms in total. The van der Waals surface area contributed by atoms with E-state index in [-0.39, 0.29) is 23.6 Å². The van der Waals surface area contributed by atoms with Gasteiger partial charge in [0.1, 0.15) is 19.0 Å². The van der Waals surface area contributed by atoms with Gasteiger partial charge in [-0.05, 0) is 48.7 Å². The number of carbonyl (C=O) groups excluding carboxylic acids is 1. The summed E-state index contributed by atoms with van der Waals surface area (Å²) in [6.45, 7) is 6.98. The predicted molar refractivity (Wildman–Crippen MR) is 110 cm³/mol. The fraction of sp³-hybridized carbons (Fsp3) is 0.381. The molecule has 0 spiro atoms. The number of ether oxygens (including phenoxy) is 2. The summed E-state index contributed by atoms with van der Waals surface area (Å²) < 4.78 is 25.9. The van der Waals surface area contributed by atoms with Crippen molar-refractivity contribution < 1.29 is 18.7 Å². The molecule has 1 aliphatic heterocycles. The van der Waals surface area contributed by atoms with Crippen LogP contribution in [0.25, 0.3) is 0 Å². The number of rotatable bonds is 6. The Bertz CT molecular complexity index is 860. The van der Waals surface area contributed by atoms with Crippen LogP contribution in [0.4, 0.5) is 10.1 Å². The zero-order valence-electron chi connectivity index (χ0n) is 16.1. The number of nitrogens with one attached hydrogen (secondary N) is 2. The SMILES string of the molecule is CC(C)[C@H](N[C@H](C)C(=O)Nc1ccc(Br)cc1F)c1ccc2c(c1)OCCO2. The molecule has 2 aromatic rings. The highest BCUT2D eigenvalue weighted by atomic mass is 79.9. The minimum atomic E-state index is -0.524. The van der Waals surface area contributed by atoms with E-state index in [1.54, 1.807) is 13.0 Å². The average molecular weight is 451 g/mol. The van der Waals surface area contributed by atoms with E-state index in [1.165, 1.54) is 12.1 Å². The highest BCUT2D eigenvalue weighted by Crippen LogP contribution is 2.34. The molecule has 0 bridgehead atoms. The number of halogens is 2. The van der Waals surface area contributed by atoms with Gasteiger partial charge in [0.25, 0.3) is 0 Å². The fourth-order valence-corrected chi connectivity index (χ4v) is 3.44. The van der Waals surface area contributed by atoms with Gasteiger partial charge in [-0.2, -0.15) is 0 Å². The van der Waals surface area contributed by atoms with E-state index >= 15 is 0 Å². The largest absolute Gasteiger partial charge is 0.486 e. The summed E-state index contributed by atoms with van der Waals surface area (Å²) in [7, 11) is 0. The third-order valence-corrected chi connectivity index (χ3v) is 5.10. The molecule has 0 unspecified atom stereocenters. The van der Waals surface area contributed by atoms with Crippen molar-refractivity contribution in [1.82, 2.24) is 5.32 Å². The summed E-state index contributed by atoms with van der Waals surface area (Å²) in [5.74, 6) is 0.882. The number of amides is 1. The molecule has 150 valence electrons. The van der Waals surface area contributed by atoms with Crippen LogP contribution in [-0.2, 0) is 4.79 Å². The summed E-state index contributed by atoms with van der Waals surface area (Å²) in [4.78, 5) is 12.6. The smallest absolute Gasteiger partial charge is 0.241 e. The number of benzene rings is 2. The molecule has 2 aromatic carbocycles. The maximum atomic E-state index is 14.0. The summed E-state index contributed by atoms with van der Waals surface area (Å²) in [6, 6.07) is 9.75. The maximum absolute atomic E-state index is 14.0. The van der Waals surface area contributed by atoms with Gasteiger partial charge < -0.3 is 14.8 Å². The van der Waals surface area contributed by atoms with E-state index in [4.69, 9.17) is 9.47 Å². The Balaban J connectivity index is 1.72. The van der Waals surface area contributed by atoms with E-state index in [0.29, 0.717) is 23.4 Å². The predicted octanol–water partition coefficient (Wildman–Crippen LogP) is 4.67. The maximum Gasteiger partial charge on any atom is 0.241 e. The second-order valence-corrected chi connectivity index (χ2v) is 8.04. The van der Waals surface area contributed by atoms with Crippen LogP contribution in [0.1, 0.15) is 32.4 Å². The molecule has 0 aromatic heterocycles. The normalized spacial score (nSPS) is 15.2. The molecule has 0 saturated carbocycles. The Morgan fingerprint density at radius 3 is 2.46 bits per heavy atom. The first-order valence-corrected chi connectivity index (χ1v) is 10.1. The van der Waals surface area contributed by atoms with Gasteiger partial charge in [-0.1, -0.05) is 35.8 Å². The van der Waals surface area contributed by atoms with Crippen LogP contribution in [0.2, 0.25) is 0 Å². The van der Waals surface area contributed by atoms with Crippen molar-refractivity contribution in [1.29, 1.82) is 0 Å². The topological polar surface area (TPSA) is 59.6 Å². The van der Waals surface area contributed by atoms with E-state index in [0.717, 1.165) is 11.3 Å². The lowest BCUT2D eigenvalue weighted by Gasteiger charge is -2.28. The van der Waals surface area contributed by atoms with Crippen molar-refractivity contribution in [3.63, 3.8) is 0 Å². The van der Waals surface area contributed by atoms with Crippen LogP contribution in [0, 0.1) is 11.7 Å². The molecular weight excluding hydrogens is 427 g/mol. The van der Waals surface area contributed by atoms with Crippen molar-refractivity contribution in [2.45, 2.75) is 32.9 Å². The van der Waals surface area contributed by atoms with E-state index in [1.807, 2.05) is 18.2 Å². The van der Waals surface area contributed by atoms with E-state index in [2.05, 4.69) is 40.4 Å². The molecule has 0 aliphatic carbocycles. The second-order valence-electron chi connectivity index (χ2n) is 7.13. The molecular formula is C21H24BrFN2O3. The molecule has 7 heteroatoms. The lowest BCUT2D eigenvalue weighted by Crippen LogP contribution is -2.42. The first-order chi connectivity index (χ1) is 13.3. The summed E-state index contributed by atoms with van der Waals surface area (Å²) in [5.41, 5.74) is 1.16. The van der Waals surface area contributed by atoms with Gasteiger partial charge in [-0.25, -0.2) is 4.39 Å². The summed E-state index contributed by atoms with van der Waals surface area (Å²) in [6.07, 6.45) is 0. The van der Waals surface area contributed by atoms with Crippen LogP contribution in [0.5, 0.6) is 11.5 Å². The molecule has 0 saturated heterocycles. The zero-order chi connectivity index (χ0) is 20.3. The van der Waals surface area contributed by atoms with Crippen molar-refractivity contribution in [2.24, 2.45) is 5.92 Å². The monoisotopic (exact) mass is 450 g/mol. The standard InChI is InChI=1S/C21H24BrFN2O3/c1-12(2)20(14-4-7-18-19(10-14)28-9-8-27-18)24-13(3)21(26)25-17-6-5-15(22)11-16(17)23/h4-7,10-13,20,24H,8-9H2,1-3H3,(H,25,26)/t13-,20+/m1/s1. The molecule has 2 atom stereocenters. The van der Waals surface area contributed by atoms with Gasteiger partial charge in [0.05, 0.1) is 11.7 Å².